The van der Waals surface area contributed by atoms with Crippen molar-refractivity contribution in [2.75, 3.05) is 0 Å². The molecule has 1 rings (SSSR count). The van der Waals surface area contributed by atoms with Crippen LogP contribution in [0.25, 0.3) is 0 Å². The van der Waals surface area contributed by atoms with Gasteiger partial charge in [0, 0.05) is 0 Å². The first kappa shape index (κ1) is 22.7. The third-order valence-corrected chi connectivity index (χ3v) is 3.13. The molecule has 0 amide bonds. The Labute approximate surface area is 139 Å². The molecule has 0 fully saturated rings. The molecule has 124 valence electrons. The van der Waals surface area contributed by atoms with E-state index in [0.29, 0.717) is 0 Å². The van der Waals surface area contributed by atoms with Gasteiger partial charge >= 0.3 is 0 Å². The fourth-order valence-corrected chi connectivity index (χ4v) is 1.69. The molecule has 0 aromatic heterocycles. The van der Waals surface area contributed by atoms with Gasteiger partial charge in [-0.05, 0) is 43.2 Å². The van der Waals surface area contributed by atoms with E-state index in [2.05, 4.69) is 65.1 Å². The summed E-state index contributed by atoms with van der Waals surface area (Å²) in [6.45, 7) is 20.0. The fourth-order valence-electron chi connectivity index (χ4n) is 1.69. The summed E-state index contributed by atoms with van der Waals surface area (Å²) >= 11 is 0. The molecule has 0 atom stereocenters. The van der Waals surface area contributed by atoms with Gasteiger partial charge in [-0.3, -0.25) is 0 Å². The third-order valence-electron chi connectivity index (χ3n) is 3.13. The second kappa shape index (κ2) is 15.8. The van der Waals surface area contributed by atoms with Crippen molar-refractivity contribution in [1.82, 2.24) is 0 Å². The van der Waals surface area contributed by atoms with Crippen molar-refractivity contribution in [2.45, 2.75) is 60.8 Å². The number of benzene rings is 1. The maximum absolute atomic E-state index is 3.63. The Morgan fingerprint density at radius 2 is 1.64 bits per heavy atom. The number of allylic oxidation sites excluding steroid dienone is 4. The molecule has 1 aromatic rings. The highest BCUT2D eigenvalue weighted by atomic mass is 14.0. The highest BCUT2D eigenvalue weighted by Gasteiger charge is 1.95. The Hall–Kier alpha value is -1.56. The standard InChI is InChI=1S/C12H18.C8H12.C2H6/c1-10(2)4-7-12-8-5-11(3)6-9-12;1-4-7-8(5-2)6-3;1-2/h5-6,8-10H,4,7H2,1-3H3;4-5,7H,1-2,6H2,3H3;1-2H3/b;8-7+;. The van der Waals surface area contributed by atoms with Crippen molar-refractivity contribution in [3.05, 3.63) is 72.4 Å². The highest BCUT2D eigenvalue weighted by molar-refractivity contribution is 5.21. The summed E-state index contributed by atoms with van der Waals surface area (Å²) in [5.41, 5.74) is 4.05. The summed E-state index contributed by atoms with van der Waals surface area (Å²) in [4.78, 5) is 0. The molecule has 0 bridgehead atoms. The zero-order valence-electron chi connectivity index (χ0n) is 15.7. The molecular formula is C22H36. The van der Waals surface area contributed by atoms with Crippen LogP contribution >= 0.6 is 0 Å². The van der Waals surface area contributed by atoms with Gasteiger partial charge in [-0.15, -0.1) is 0 Å². The van der Waals surface area contributed by atoms with Crippen LogP contribution in [-0.4, -0.2) is 0 Å². The first-order valence-electron chi connectivity index (χ1n) is 8.53. The molecule has 0 N–H and O–H groups in total. The van der Waals surface area contributed by atoms with Crippen molar-refractivity contribution in [3.63, 3.8) is 0 Å². The normalized spacial score (nSPS) is 10.0. The van der Waals surface area contributed by atoms with Gasteiger partial charge in [0.2, 0.25) is 0 Å². The maximum atomic E-state index is 3.63. The average molecular weight is 301 g/mol. The first-order chi connectivity index (χ1) is 10.5. The summed E-state index contributed by atoms with van der Waals surface area (Å²) in [6, 6.07) is 8.85. The lowest BCUT2D eigenvalue weighted by Crippen LogP contribution is -1.91. The van der Waals surface area contributed by atoms with E-state index in [0.717, 1.165) is 12.3 Å². The highest BCUT2D eigenvalue weighted by Crippen LogP contribution is 2.09. The van der Waals surface area contributed by atoms with E-state index in [1.165, 1.54) is 29.5 Å². The van der Waals surface area contributed by atoms with Gasteiger partial charge in [0.25, 0.3) is 0 Å². The molecule has 0 heterocycles. The predicted molar refractivity (Wildman–Crippen MR) is 104 cm³/mol. The lowest BCUT2D eigenvalue weighted by atomic mass is 10.0. The molecule has 0 aliphatic heterocycles. The monoisotopic (exact) mass is 300 g/mol. The molecule has 0 saturated carbocycles. The quantitative estimate of drug-likeness (QED) is 0.483. The van der Waals surface area contributed by atoms with Crippen LogP contribution in [0.15, 0.2) is 61.2 Å². The van der Waals surface area contributed by atoms with Gasteiger partial charge in [-0.2, -0.15) is 0 Å². The summed E-state index contributed by atoms with van der Waals surface area (Å²) in [7, 11) is 0. The zero-order chi connectivity index (χ0) is 17.4. The molecule has 0 aliphatic carbocycles. The molecule has 0 saturated heterocycles. The second-order valence-electron chi connectivity index (χ2n) is 5.45. The number of hydrogen-bond donors (Lipinski definition) is 0. The Morgan fingerprint density at radius 1 is 1.09 bits per heavy atom. The van der Waals surface area contributed by atoms with E-state index >= 15 is 0 Å². The smallest absolute Gasteiger partial charge is 0.0276 e. The van der Waals surface area contributed by atoms with E-state index in [9.17, 15) is 0 Å². The van der Waals surface area contributed by atoms with Crippen LogP contribution in [0.5, 0.6) is 0 Å². The van der Waals surface area contributed by atoms with Gasteiger partial charge in [0.15, 0.2) is 0 Å². The van der Waals surface area contributed by atoms with Crippen LogP contribution in [0.2, 0.25) is 0 Å². The third kappa shape index (κ3) is 13.4. The second-order valence-corrected chi connectivity index (χ2v) is 5.45. The Bertz CT molecular complexity index is 404. The molecule has 0 radical (unpaired) electrons. The fraction of sp³-hybridized carbons (Fsp3) is 0.455. The zero-order valence-corrected chi connectivity index (χ0v) is 15.7. The molecular weight excluding hydrogens is 264 g/mol. The number of aryl methyl sites for hydroxylation is 2. The molecule has 0 unspecified atom stereocenters. The Balaban J connectivity index is 0. The number of rotatable bonds is 6. The SMILES string of the molecule is C=C/C=C(\C=C)CC.CC.Cc1ccc(CCC(C)C)cc1. The van der Waals surface area contributed by atoms with Gasteiger partial charge in [-0.25, -0.2) is 0 Å². The van der Waals surface area contributed by atoms with Crippen molar-refractivity contribution in [1.29, 1.82) is 0 Å². The summed E-state index contributed by atoms with van der Waals surface area (Å²) in [6.07, 6.45) is 9.14. The number of hydrogen-bond acceptors (Lipinski definition) is 0. The predicted octanol–water partition coefficient (Wildman–Crippen LogP) is 7.30. The molecule has 0 nitrogen and oxygen atoms in total. The van der Waals surface area contributed by atoms with Crippen LogP contribution in [0.3, 0.4) is 0 Å². The Kier molecular flexibility index (Phi) is 16.3. The van der Waals surface area contributed by atoms with E-state index < -0.39 is 0 Å². The lowest BCUT2D eigenvalue weighted by molar-refractivity contribution is 0.586. The molecule has 1 aromatic carbocycles. The van der Waals surface area contributed by atoms with Crippen molar-refractivity contribution in [2.24, 2.45) is 5.92 Å². The van der Waals surface area contributed by atoms with Crippen molar-refractivity contribution < 1.29 is 0 Å². The van der Waals surface area contributed by atoms with Crippen molar-refractivity contribution in [3.8, 4) is 0 Å². The molecule has 0 heteroatoms. The minimum atomic E-state index is 0.811. The van der Waals surface area contributed by atoms with E-state index in [4.69, 9.17) is 0 Å². The maximum Gasteiger partial charge on any atom is -0.0276 e. The van der Waals surface area contributed by atoms with Gasteiger partial charge in [0.05, 0.1) is 0 Å². The average Bonchev–Trinajstić information content (AvgIpc) is 2.54. The Morgan fingerprint density at radius 3 is 1.95 bits per heavy atom. The largest absolute Gasteiger partial charge is 0.0991 e. The van der Waals surface area contributed by atoms with E-state index in [1.54, 1.807) is 6.08 Å². The van der Waals surface area contributed by atoms with Crippen LogP contribution in [-0.2, 0) is 6.42 Å². The van der Waals surface area contributed by atoms with Gasteiger partial charge in [0.1, 0.15) is 0 Å². The van der Waals surface area contributed by atoms with E-state index in [1.807, 2.05) is 26.0 Å². The molecule has 0 spiro atoms. The minimum Gasteiger partial charge on any atom is -0.0991 e. The summed E-state index contributed by atoms with van der Waals surface area (Å²) < 4.78 is 0. The van der Waals surface area contributed by atoms with E-state index in [-0.39, 0.29) is 0 Å². The van der Waals surface area contributed by atoms with Gasteiger partial charge < -0.3 is 0 Å². The summed E-state index contributed by atoms with van der Waals surface area (Å²) in [5, 5.41) is 0. The van der Waals surface area contributed by atoms with Crippen LogP contribution in [0.1, 0.15) is 58.6 Å². The first-order valence-corrected chi connectivity index (χ1v) is 8.53. The lowest BCUT2D eigenvalue weighted by Gasteiger charge is -2.04. The topological polar surface area (TPSA) is 0 Å². The minimum absolute atomic E-state index is 0.811. The molecule has 22 heavy (non-hydrogen) atoms. The summed E-state index contributed by atoms with van der Waals surface area (Å²) in [5.74, 6) is 0.811. The van der Waals surface area contributed by atoms with Crippen molar-refractivity contribution >= 4 is 0 Å². The van der Waals surface area contributed by atoms with Gasteiger partial charge in [-0.1, -0.05) is 95.8 Å². The van der Waals surface area contributed by atoms with Crippen LogP contribution in [0, 0.1) is 12.8 Å². The van der Waals surface area contributed by atoms with Crippen LogP contribution in [0.4, 0.5) is 0 Å². The molecule has 0 aliphatic rings. The van der Waals surface area contributed by atoms with Crippen LogP contribution < -0.4 is 0 Å².